The van der Waals surface area contributed by atoms with E-state index in [1.165, 1.54) is 122 Å². The van der Waals surface area contributed by atoms with E-state index in [-0.39, 0.29) is 38.0 Å². The molecule has 0 rings (SSSR count). The van der Waals surface area contributed by atoms with Crippen molar-refractivity contribution in [2.75, 3.05) is 13.2 Å². The van der Waals surface area contributed by atoms with Crippen molar-refractivity contribution < 1.29 is 28.6 Å². The van der Waals surface area contributed by atoms with Crippen LogP contribution >= 0.6 is 0 Å². The fourth-order valence-electron chi connectivity index (χ4n) is 6.72. The van der Waals surface area contributed by atoms with E-state index in [1.54, 1.807) is 6.08 Å². The second-order valence-corrected chi connectivity index (χ2v) is 16.4. The third-order valence-corrected chi connectivity index (χ3v) is 10.5. The predicted molar refractivity (Wildman–Crippen MR) is 256 cm³/mol. The molecule has 0 spiro atoms. The molecule has 0 aliphatic rings. The molecule has 0 bridgehead atoms. The molecule has 0 heterocycles. The maximum absolute atomic E-state index is 12.7. The van der Waals surface area contributed by atoms with Crippen molar-refractivity contribution in [3.8, 4) is 0 Å². The molecular formula is C54H92O6. The van der Waals surface area contributed by atoms with Crippen LogP contribution in [-0.4, -0.2) is 37.2 Å². The number of hydrogen-bond acceptors (Lipinski definition) is 6. The predicted octanol–water partition coefficient (Wildman–Crippen LogP) is 16.3. The van der Waals surface area contributed by atoms with Crippen LogP contribution in [0.4, 0.5) is 0 Å². The lowest BCUT2D eigenvalue weighted by atomic mass is 10.1. The molecule has 1 atom stereocenters. The second kappa shape index (κ2) is 48.5. The third kappa shape index (κ3) is 45.9. The molecule has 1 unspecified atom stereocenters. The van der Waals surface area contributed by atoms with Gasteiger partial charge in [-0.1, -0.05) is 203 Å². The first kappa shape index (κ1) is 56.9. The van der Waals surface area contributed by atoms with Crippen LogP contribution in [-0.2, 0) is 28.6 Å². The third-order valence-electron chi connectivity index (χ3n) is 10.5. The van der Waals surface area contributed by atoms with E-state index in [0.29, 0.717) is 6.42 Å². The lowest BCUT2D eigenvalue weighted by Gasteiger charge is -2.18. The summed E-state index contributed by atoms with van der Waals surface area (Å²) in [4.78, 5) is 37.7. The fourth-order valence-corrected chi connectivity index (χ4v) is 6.72. The highest BCUT2D eigenvalue weighted by Crippen LogP contribution is 2.13. The largest absolute Gasteiger partial charge is 0.462 e. The van der Waals surface area contributed by atoms with Crippen LogP contribution < -0.4 is 0 Å². The summed E-state index contributed by atoms with van der Waals surface area (Å²) in [5, 5.41) is 0. The Morgan fingerprint density at radius 3 is 1.27 bits per heavy atom. The normalized spacial score (nSPS) is 12.7. The molecule has 60 heavy (non-hydrogen) atoms. The number of carbonyl (C=O) groups excluding carboxylic acids is 3. The molecule has 0 fully saturated rings. The summed E-state index contributed by atoms with van der Waals surface area (Å²) >= 11 is 0. The van der Waals surface area contributed by atoms with E-state index in [4.69, 9.17) is 14.2 Å². The average Bonchev–Trinajstić information content (AvgIpc) is 3.24. The SMILES string of the molecule is CC/C=C\C/C=C\C/C=C\CC(=O)OCC(COC(=O)CCCCCCCCC/C=C\CCCCCCCC)OC(=O)CCCCC/C=C\C=C/CCCCCCCCC. The molecule has 344 valence electrons. The van der Waals surface area contributed by atoms with Gasteiger partial charge < -0.3 is 14.2 Å². The first-order chi connectivity index (χ1) is 29.5. The van der Waals surface area contributed by atoms with Crippen LogP contribution in [0.15, 0.2) is 72.9 Å². The van der Waals surface area contributed by atoms with E-state index in [1.807, 2.05) is 6.08 Å². The first-order valence-electron chi connectivity index (χ1n) is 25.0. The number of hydrogen-bond donors (Lipinski definition) is 0. The molecule has 0 saturated carbocycles. The number of ether oxygens (including phenoxy) is 3. The molecule has 0 radical (unpaired) electrons. The van der Waals surface area contributed by atoms with Crippen molar-refractivity contribution in [1.29, 1.82) is 0 Å². The van der Waals surface area contributed by atoms with Gasteiger partial charge in [0.1, 0.15) is 13.2 Å². The van der Waals surface area contributed by atoms with Crippen molar-refractivity contribution in [3.05, 3.63) is 72.9 Å². The molecule has 0 aliphatic heterocycles. The van der Waals surface area contributed by atoms with E-state index in [9.17, 15) is 14.4 Å². The topological polar surface area (TPSA) is 78.9 Å². The van der Waals surface area contributed by atoms with Gasteiger partial charge in [-0.15, -0.1) is 0 Å². The molecule has 0 aromatic carbocycles. The van der Waals surface area contributed by atoms with Gasteiger partial charge in [0.25, 0.3) is 0 Å². The molecule has 6 nitrogen and oxygen atoms in total. The van der Waals surface area contributed by atoms with Gasteiger partial charge in [-0.3, -0.25) is 14.4 Å². The summed E-state index contributed by atoms with van der Waals surface area (Å²) in [6.07, 6.45) is 60.7. The van der Waals surface area contributed by atoms with E-state index < -0.39 is 12.1 Å². The summed E-state index contributed by atoms with van der Waals surface area (Å²) in [5.74, 6) is -1.08. The van der Waals surface area contributed by atoms with Crippen molar-refractivity contribution >= 4 is 17.9 Å². The van der Waals surface area contributed by atoms with Crippen molar-refractivity contribution in [3.63, 3.8) is 0 Å². The van der Waals surface area contributed by atoms with Crippen molar-refractivity contribution in [1.82, 2.24) is 0 Å². The minimum Gasteiger partial charge on any atom is -0.462 e. The summed E-state index contributed by atoms with van der Waals surface area (Å²) in [6.45, 7) is 6.38. The number of carbonyl (C=O) groups is 3. The summed E-state index contributed by atoms with van der Waals surface area (Å²) in [7, 11) is 0. The maximum atomic E-state index is 12.7. The number of rotatable bonds is 44. The summed E-state index contributed by atoms with van der Waals surface area (Å²) < 4.78 is 16.6. The van der Waals surface area contributed by atoms with Gasteiger partial charge in [0.15, 0.2) is 6.10 Å². The Labute approximate surface area is 370 Å². The standard InChI is InChI=1S/C54H92O6/c1-4-7-10-13-16-19-21-23-25-27-29-30-32-35-38-41-44-47-53(56)59-50-51(49-58-52(55)46-43-40-37-34-18-15-12-9-6-3)60-54(57)48-45-42-39-36-33-31-28-26-24-22-20-17-14-11-8-5-2/h9,12,18,23,25-26,28,31,33-34,40,43,51H,4-8,10-11,13-17,19-22,24,27,29-30,32,35-39,41-42,44-50H2,1-3H3/b12-9-,25-23-,28-26-,33-31-,34-18-,43-40-. The van der Waals surface area contributed by atoms with Crippen LogP contribution in [0, 0.1) is 0 Å². The van der Waals surface area contributed by atoms with E-state index in [0.717, 1.165) is 70.6 Å². The van der Waals surface area contributed by atoms with Gasteiger partial charge in [-0.2, -0.15) is 0 Å². The minimum atomic E-state index is -0.824. The molecule has 0 saturated heterocycles. The lowest BCUT2D eigenvalue weighted by Crippen LogP contribution is -2.30. The fraction of sp³-hybridized carbons (Fsp3) is 0.722. The average molecular weight is 837 g/mol. The van der Waals surface area contributed by atoms with Crippen LogP contribution in [0.25, 0.3) is 0 Å². The lowest BCUT2D eigenvalue weighted by molar-refractivity contribution is -0.166. The zero-order valence-corrected chi connectivity index (χ0v) is 39.2. The number of esters is 3. The van der Waals surface area contributed by atoms with E-state index >= 15 is 0 Å². The highest BCUT2D eigenvalue weighted by Gasteiger charge is 2.19. The van der Waals surface area contributed by atoms with Gasteiger partial charge in [0.05, 0.1) is 6.42 Å². The summed E-state index contributed by atoms with van der Waals surface area (Å²) in [6, 6.07) is 0. The molecule has 0 amide bonds. The Bertz CT molecular complexity index is 1140. The Balaban J connectivity index is 4.43. The molecule has 6 heteroatoms. The zero-order valence-electron chi connectivity index (χ0n) is 39.2. The van der Waals surface area contributed by atoms with Crippen LogP contribution in [0.3, 0.4) is 0 Å². The zero-order chi connectivity index (χ0) is 43.7. The van der Waals surface area contributed by atoms with Gasteiger partial charge >= 0.3 is 17.9 Å². The molecule has 0 N–H and O–H groups in total. The molecule has 0 aromatic heterocycles. The minimum absolute atomic E-state index is 0.115. The van der Waals surface area contributed by atoms with E-state index in [2.05, 4.69) is 81.5 Å². The number of unbranched alkanes of at least 4 members (excludes halogenated alkanes) is 23. The highest BCUT2D eigenvalue weighted by atomic mass is 16.6. The Kier molecular flexibility index (Phi) is 46.0. The van der Waals surface area contributed by atoms with Gasteiger partial charge in [0, 0.05) is 12.8 Å². The quantitative estimate of drug-likeness (QED) is 0.0200. The smallest absolute Gasteiger partial charge is 0.309 e. The van der Waals surface area contributed by atoms with Crippen molar-refractivity contribution in [2.45, 2.75) is 239 Å². The summed E-state index contributed by atoms with van der Waals surface area (Å²) in [5.41, 5.74) is 0. The van der Waals surface area contributed by atoms with Crippen LogP contribution in [0.2, 0.25) is 0 Å². The van der Waals surface area contributed by atoms with Crippen LogP contribution in [0.1, 0.15) is 233 Å². The Hall–Kier alpha value is -3.15. The Morgan fingerprint density at radius 2 is 0.767 bits per heavy atom. The first-order valence-corrected chi connectivity index (χ1v) is 25.0. The second-order valence-electron chi connectivity index (χ2n) is 16.4. The van der Waals surface area contributed by atoms with Gasteiger partial charge in [-0.25, -0.2) is 0 Å². The molecule has 0 aromatic rings. The highest BCUT2D eigenvalue weighted by molar-refractivity contribution is 5.72. The van der Waals surface area contributed by atoms with Crippen molar-refractivity contribution in [2.24, 2.45) is 0 Å². The molecular weight excluding hydrogens is 745 g/mol. The Morgan fingerprint density at radius 1 is 0.383 bits per heavy atom. The monoisotopic (exact) mass is 837 g/mol. The van der Waals surface area contributed by atoms with Crippen LogP contribution in [0.5, 0.6) is 0 Å². The maximum Gasteiger partial charge on any atom is 0.309 e. The van der Waals surface area contributed by atoms with Gasteiger partial charge in [0.2, 0.25) is 0 Å². The number of allylic oxidation sites excluding steroid dienone is 11. The molecule has 0 aliphatic carbocycles. The van der Waals surface area contributed by atoms with Gasteiger partial charge in [-0.05, 0) is 83.5 Å².